The van der Waals surface area contributed by atoms with Crippen molar-refractivity contribution in [2.75, 3.05) is 11.1 Å². The summed E-state index contributed by atoms with van der Waals surface area (Å²) in [6, 6.07) is 8.06. The highest BCUT2D eigenvalue weighted by molar-refractivity contribution is 9.09. The van der Waals surface area contributed by atoms with Gasteiger partial charge in [0.25, 0.3) is 0 Å². The van der Waals surface area contributed by atoms with Crippen LogP contribution in [0.2, 0.25) is 5.02 Å². The van der Waals surface area contributed by atoms with Crippen molar-refractivity contribution in [3.63, 3.8) is 0 Å². The molecular weight excluding hydrogens is 292 g/mol. The van der Waals surface area contributed by atoms with E-state index in [4.69, 9.17) is 11.6 Å². The molecule has 3 heteroatoms. The third-order valence-electron chi connectivity index (χ3n) is 2.42. The van der Waals surface area contributed by atoms with Crippen LogP contribution in [0.15, 0.2) is 29.2 Å². The van der Waals surface area contributed by atoms with Crippen LogP contribution in [0.5, 0.6) is 0 Å². The van der Waals surface area contributed by atoms with Crippen molar-refractivity contribution in [1.29, 1.82) is 0 Å². The molecule has 0 spiro atoms. The lowest BCUT2D eigenvalue weighted by molar-refractivity contribution is 0.474. The lowest BCUT2D eigenvalue weighted by Gasteiger charge is -2.17. The Morgan fingerprint density at radius 3 is 2.33 bits per heavy atom. The first-order valence-electron chi connectivity index (χ1n) is 5.07. The number of halogens is 2. The van der Waals surface area contributed by atoms with Gasteiger partial charge in [0.15, 0.2) is 0 Å². The number of hydrogen-bond donors (Lipinski definition) is 0. The predicted octanol–water partition coefficient (Wildman–Crippen LogP) is 5.10. The van der Waals surface area contributed by atoms with Crippen molar-refractivity contribution in [2.45, 2.75) is 18.7 Å². The Morgan fingerprint density at radius 1 is 1.27 bits per heavy atom. The third kappa shape index (κ3) is 4.80. The van der Waals surface area contributed by atoms with Crippen LogP contribution in [0.25, 0.3) is 0 Å². The standard InChI is InChI=1S/C12H16BrClS/c1-9(2)10(7-13)8-15-12-5-3-11(14)4-6-12/h3-6,9-10H,7-8H2,1-2H3. The molecule has 15 heavy (non-hydrogen) atoms. The van der Waals surface area contributed by atoms with Gasteiger partial charge in [-0.1, -0.05) is 41.4 Å². The van der Waals surface area contributed by atoms with Gasteiger partial charge in [-0.15, -0.1) is 11.8 Å². The minimum atomic E-state index is 0.726. The maximum Gasteiger partial charge on any atom is 0.0406 e. The molecule has 1 aromatic rings. The fourth-order valence-corrected chi connectivity index (χ4v) is 3.79. The lowest BCUT2D eigenvalue weighted by Crippen LogP contribution is -2.12. The summed E-state index contributed by atoms with van der Waals surface area (Å²) in [5.74, 6) is 2.61. The summed E-state index contributed by atoms with van der Waals surface area (Å²) in [4.78, 5) is 1.30. The predicted molar refractivity (Wildman–Crippen MR) is 74.3 cm³/mol. The molecule has 1 aromatic carbocycles. The molecule has 0 amide bonds. The highest BCUT2D eigenvalue weighted by Crippen LogP contribution is 2.26. The molecule has 0 aliphatic heterocycles. The van der Waals surface area contributed by atoms with Crippen LogP contribution >= 0.6 is 39.3 Å². The fourth-order valence-electron chi connectivity index (χ4n) is 1.15. The normalized spacial score (nSPS) is 13.1. The Morgan fingerprint density at radius 2 is 1.87 bits per heavy atom. The van der Waals surface area contributed by atoms with Gasteiger partial charge >= 0.3 is 0 Å². The van der Waals surface area contributed by atoms with Gasteiger partial charge in [0, 0.05) is 21.0 Å². The largest absolute Gasteiger partial charge is 0.126 e. The van der Waals surface area contributed by atoms with Crippen LogP contribution in [0, 0.1) is 11.8 Å². The van der Waals surface area contributed by atoms with E-state index in [2.05, 4.69) is 41.9 Å². The van der Waals surface area contributed by atoms with Crippen LogP contribution in [-0.4, -0.2) is 11.1 Å². The number of thioether (sulfide) groups is 1. The lowest BCUT2D eigenvalue weighted by atomic mass is 10.0. The summed E-state index contributed by atoms with van der Waals surface area (Å²) in [6.45, 7) is 4.54. The summed E-state index contributed by atoms with van der Waals surface area (Å²) >= 11 is 11.3. The van der Waals surface area contributed by atoms with Gasteiger partial charge in [-0.25, -0.2) is 0 Å². The van der Waals surface area contributed by atoms with E-state index in [0.29, 0.717) is 0 Å². The van der Waals surface area contributed by atoms with Crippen molar-refractivity contribution in [1.82, 2.24) is 0 Å². The second-order valence-corrected chi connectivity index (χ2v) is 6.10. The molecule has 0 heterocycles. The summed E-state index contributed by atoms with van der Waals surface area (Å²) in [5, 5.41) is 1.88. The van der Waals surface area contributed by atoms with Crippen molar-refractivity contribution in [3.8, 4) is 0 Å². The fraction of sp³-hybridized carbons (Fsp3) is 0.500. The average Bonchev–Trinajstić information content (AvgIpc) is 2.21. The smallest absolute Gasteiger partial charge is 0.0406 e. The maximum atomic E-state index is 5.84. The highest BCUT2D eigenvalue weighted by atomic mass is 79.9. The van der Waals surface area contributed by atoms with Crippen LogP contribution in [-0.2, 0) is 0 Å². The first-order chi connectivity index (χ1) is 7.13. The molecule has 1 unspecified atom stereocenters. The first kappa shape index (κ1) is 13.4. The van der Waals surface area contributed by atoms with E-state index in [0.717, 1.165) is 27.9 Å². The zero-order chi connectivity index (χ0) is 11.3. The van der Waals surface area contributed by atoms with Gasteiger partial charge in [-0.2, -0.15) is 0 Å². The van der Waals surface area contributed by atoms with E-state index in [-0.39, 0.29) is 0 Å². The van der Waals surface area contributed by atoms with Crippen molar-refractivity contribution in [2.24, 2.45) is 11.8 Å². The number of rotatable bonds is 5. The second kappa shape index (κ2) is 6.82. The highest BCUT2D eigenvalue weighted by Gasteiger charge is 2.11. The summed E-state index contributed by atoms with van der Waals surface area (Å²) in [6.07, 6.45) is 0. The Bertz CT molecular complexity index is 284. The molecule has 0 fully saturated rings. The average molecular weight is 308 g/mol. The zero-order valence-corrected chi connectivity index (χ0v) is 12.2. The van der Waals surface area contributed by atoms with E-state index in [1.165, 1.54) is 4.90 Å². The number of benzene rings is 1. The summed E-state index contributed by atoms with van der Waals surface area (Å²) in [7, 11) is 0. The van der Waals surface area contributed by atoms with Gasteiger partial charge in [-0.05, 0) is 36.1 Å². The molecule has 0 nitrogen and oxygen atoms in total. The molecule has 0 radical (unpaired) electrons. The molecule has 0 N–H and O–H groups in total. The SMILES string of the molecule is CC(C)C(CBr)CSc1ccc(Cl)cc1. The van der Waals surface area contributed by atoms with Gasteiger partial charge in [0.1, 0.15) is 0 Å². The van der Waals surface area contributed by atoms with Crippen LogP contribution < -0.4 is 0 Å². The maximum absolute atomic E-state index is 5.84. The molecule has 0 saturated heterocycles. The van der Waals surface area contributed by atoms with Crippen LogP contribution in [0.3, 0.4) is 0 Å². The van der Waals surface area contributed by atoms with Gasteiger partial charge in [0.2, 0.25) is 0 Å². The Kier molecular flexibility index (Phi) is 6.10. The molecule has 0 bridgehead atoms. The van der Waals surface area contributed by atoms with Crippen molar-refractivity contribution in [3.05, 3.63) is 29.3 Å². The molecule has 1 atom stereocenters. The summed E-state index contributed by atoms with van der Waals surface area (Å²) in [5.41, 5.74) is 0. The quantitative estimate of drug-likeness (QED) is 0.539. The van der Waals surface area contributed by atoms with Crippen molar-refractivity contribution >= 4 is 39.3 Å². The Balaban J connectivity index is 2.45. The van der Waals surface area contributed by atoms with Crippen LogP contribution in [0.1, 0.15) is 13.8 Å². The Labute approximate surface area is 110 Å². The monoisotopic (exact) mass is 306 g/mol. The van der Waals surface area contributed by atoms with Crippen molar-refractivity contribution < 1.29 is 0 Å². The molecule has 84 valence electrons. The zero-order valence-electron chi connectivity index (χ0n) is 9.04. The topological polar surface area (TPSA) is 0 Å². The molecule has 0 saturated carbocycles. The van der Waals surface area contributed by atoms with Gasteiger partial charge in [0.05, 0.1) is 0 Å². The minimum Gasteiger partial charge on any atom is -0.126 e. The van der Waals surface area contributed by atoms with E-state index in [1.54, 1.807) is 0 Å². The van der Waals surface area contributed by atoms with Gasteiger partial charge in [-0.3, -0.25) is 0 Å². The van der Waals surface area contributed by atoms with E-state index in [9.17, 15) is 0 Å². The first-order valence-corrected chi connectivity index (χ1v) is 7.56. The number of hydrogen-bond acceptors (Lipinski definition) is 1. The second-order valence-electron chi connectivity index (χ2n) is 3.92. The van der Waals surface area contributed by atoms with E-state index >= 15 is 0 Å². The van der Waals surface area contributed by atoms with Crippen LogP contribution in [0.4, 0.5) is 0 Å². The van der Waals surface area contributed by atoms with E-state index < -0.39 is 0 Å². The third-order valence-corrected chi connectivity index (χ3v) is 4.70. The molecule has 0 aliphatic rings. The summed E-state index contributed by atoms with van der Waals surface area (Å²) < 4.78 is 0. The number of alkyl halides is 1. The van der Waals surface area contributed by atoms with Gasteiger partial charge < -0.3 is 0 Å². The molecule has 0 aliphatic carbocycles. The molecule has 0 aromatic heterocycles. The Hall–Kier alpha value is 0.340. The molecule has 1 rings (SSSR count). The minimum absolute atomic E-state index is 0.726. The molecular formula is C12H16BrClS. The van der Waals surface area contributed by atoms with E-state index in [1.807, 2.05) is 23.9 Å².